The monoisotopic (exact) mass is 228 g/mol. The van der Waals surface area contributed by atoms with Crippen LogP contribution in [-0.4, -0.2) is 12.1 Å². The zero-order valence-corrected chi connectivity index (χ0v) is 10.3. The number of hydrogen-bond acceptors (Lipinski definition) is 3. The summed E-state index contributed by atoms with van der Waals surface area (Å²) in [5, 5.41) is 0. The number of aromatic nitrogens is 1. The van der Waals surface area contributed by atoms with Crippen molar-refractivity contribution < 1.29 is 4.74 Å². The zero-order valence-electron chi connectivity index (χ0n) is 10.3. The Balaban J connectivity index is 2.68. The van der Waals surface area contributed by atoms with Crippen LogP contribution in [0.3, 0.4) is 0 Å². The number of pyridine rings is 1. The number of anilines is 1. The van der Waals surface area contributed by atoms with Crippen molar-refractivity contribution >= 4 is 5.69 Å². The molecule has 1 aromatic heterocycles. The van der Waals surface area contributed by atoms with Gasteiger partial charge in [0.15, 0.2) is 0 Å². The van der Waals surface area contributed by atoms with E-state index in [-0.39, 0.29) is 0 Å². The van der Waals surface area contributed by atoms with Crippen molar-refractivity contribution in [1.29, 1.82) is 0 Å². The largest absolute Gasteiger partial charge is 0.496 e. The van der Waals surface area contributed by atoms with Crippen molar-refractivity contribution in [2.24, 2.45) is 0 Å². The molecule has 88 valence electrons. The van der Waals surface area contributed by atoms with Crippen LogP contribution < -0.4 is 10.5 Å². The molecule has 0 amide bonds. The lowest BCUT2D eigenvalue weighted by atomic mass is 9.98. The molecule has 0 saturated heterocycles. The first kappa shape index (κ1) is 11.5. The van der Waals surface area contributed by atoms with Crippen LogP contribution in [-0.2, 0) is 0 Å². The van der Waals surface area contributed by atoms with Gasteiger partial charge in [0.25, 0.3) is 0 Å². The Morgan fingerprint density at radius 1 is 1.12 bits per heavy atom. The van der Waals surface area contributed by atoms with E-state index in [1.165, 1.54) is 5.56 Å². The third kappa shape index (κ3) is 1.96. The highest BCUT2D eigenvalue weighted by Gasteiger charge is 2.12. The first-order valence-corrected chi connectivity index (χ1v) is 5.49. The van der Waals surface area contributed by atoms with E-state index in [1.807, 2.05) is 12.1 Å². The summed E-state index contributed by atoms with van der Waals surface area (Å²) in [4.78, 5) is 4.00. The van der Waals surface area contributed by atoms with Gasteiger partial charge in [0.2, 0.25) is 0 Å². The van der Waals surface area contributed by atoms with Crippen molar-refractivity contribution in [3.63, 3.8) is 0 Å². The predicted octanol–water partition coefficient (Wildman–Crippen LogP) is 2.96. The fourth-order valence-corrected chi connectivity index (χ4v) is 1.92. The number of aryl methyl sites for hydroxylation is 1. The Morgan fingerprint density at radius 2 is 1.88 bits per heavy atom. The van der Waals surface area contributed by atoms with E-state index < -0.39 is 0 Å². The van der Waals surface area contributed by atoms with E-state index in [1.54, 1.807) is 19.5 Å². The minimum Gasteiger partial charge on any atom is -0.496 e. The van der Waals surface area contributed by atoms with Crippen LogP contribution in [0.1, 0.15) is 11.1 Å². The van der Waals surface area contributed by atoms with Crippen LogP contribution in [0.15, 0.2) is 30.6 Å². The zero-order chi connectivity index (χ0) is 12.4. The van der Waals surface area contributed by atoms with Gasteiger partial charge in [-0.15, -0.1) is 0 Å². The SMILES string of the molecule is COc1c(-c2ccncc2N)ccc(C)c1C. The average Bonchev–Trinajstić information content (AvgIpc) is 2.33. The minimum atomic E-state index is 0.661. The molecular weight excluding hydrogens is 212 g/mol. The summed E-state index contributed by atoms with van der Waals surface area (Å²) >= 11 is 0. The maximum absolute atomic E-state index is 5.95. The van der Waals surface area contributed by atoms with Gasteiger partial charge in [-0.1, -0.05) is 12.1 Å². The van der Waals surface area contributed by atoms with E-state index in [4.69, 9.17) is 10.5 Å². The van der Waals surface area contributed by atoms with Gasteiger partial charge >= 0.3 is 0 Å². The van der Waals surface area contributed by atoms with Gasteiger partial charge in [0, 0.05) is 17.3 Å². The minimum absolute atomic E-state index is 0.661. The molecule has 1 heterocycles. The number of ether oxygens (including phenoxy) is 1. The highest BCUT2D eigenvalue weighted by molar-refractivity contribution is 5.81. The third-order valence-corrected chi connectivity index (χ3v) is 3.02. The second-order valence-electron chi connectivity index (χ2n) is 4.05. The van der Waals surface area contributed by atoms with Crippen molar-refractivity contribution in [3.05, 3.63) is 41.7 Å². The lowest BCUT2D eigenvalue weighted by Crippen LogP contribution is -1.96. The van der Waals surface area contributed by atoms with E-state index in [2.05, 4.69) is 24.9 Å². The number of rotatable bonds is 2. The third-order valence-electron chi connectivity index (χ3n) is 3.02. The smallest absolute Gasteiger partial charge is 0.129 e. The van der Waals surface area contributed by atoms with Gasteiger partial charge in [-0.25, -0.2) is 0 Å². The average molecular weight is 228 g/mol. The molecule has 2 rings (SSSR count). The van der Waals surface area contributed by atoms with Gasteiger partial charge < -0.3 is 10.5 Å². The fourth-order valence-electron chi connectivity index (χ4n) is 1.92. The number of nitrogen functional groups attached to an aromatic ring is 1. The van der Waals surface area contributed by atoms with Crippen LogP contribution in [0, 0.1) is 13.8 Å². The molecular formula is C14H16N2O. The maximum Gasteiger partial charge on any atom is 0.129 e. The Bertz CT molecular complexity index is 550. The maximum atomic E-state index is 5.95. The second kappa shape index (κ2) is 4.45. The Labute approximate surface area is 101 Å². The molecule has 0 radical (unpaired) electrons. The van der Waals surface area contributed by atoms with Crippen LogP contribution in [0.4, 0.5) is 5.69 Å². The van der Waals surface area contributed by atoms with Crippen molar-refractivity contribution in [2.75, 3.05) is 12.8 Å². The highest BCUT2D eigenvalue weighted by Crippen LogP contribution is 2.36. The number of methoxy groups -OCH3 is 1. The van der Waals surface area contributed by atoms with Gasteiger partial charge in [-0.05, 0) is 31.0 Å². The van der Waals surface area contributed by atoms with Gasteiger partial charge in [-0.2, -0.15) is 0 Å². The summed E-state index contributed by atoms with van der Waals surface area (Å²) in [7, 11) is 1.68. The highest BCUT2D eigenvalue weighted by atomic mass is 16.5. The van der Waals surface area contributed by atoms with E-state index in [9.17, 15) is 0 Å². The summed E-state index contributed by atoms with van der Waals surface area (Å²) in [6.45, 7) is 4.12. The van der Waals surface area contributed by atoms with Crippen LogP contribution >= 0.6 is 0 Å². The molecule has 17 heavy (non-hydrogen) atoms. The summed E-state index contributed by atoms with van der Waals surface area (Å²) in [5.74, 6) is 0.878. The standard InChI is InChI=1S/C14H16N2O/c1-9-4-5-12(14(17-3)10(9)2)11-6-7-16-8-13(11)15/h4-8H,15H2,1-3H3. The Hall–Kier alpha value is -2.03. The number of benzene rings is 1. The van der Waals surface area contributed by atoms with E-state index in [0.717, 1.165) is 22.4 Å². The molecule has 1 aromatic carbocycles. The van der Waals surface area contributed by atoms with Gasteiger partial charge in [-0.3, -0.25) is 4.98 Å². The van der Waals surface area contributed by atoms with Crippen molar-refractivity contribution in [2.45, 2.75) is 13.8 Å². The molecule has 3 nitrogen and oxygen atoms in total. The number of hydrogen-bond donors (Lipinski definition) is 1. The normalized spacial score (nSPS) is 10.3. The summed E-state index contributed by atoms with van der Waals surface area (Å²) in [5.41, 5.74) is 10.9. The van der Waals surface area contributed by atoms with Crippen LogP contribution in [0.5, 0.6) is 5.75 Å². The molecule has 2 aromatic rings. The molecule has 0 aliphatic heterocycles. The van der Waals surface area contributed by atoms with E-state index in [0.29, 0.717) is 5.69 Å². The molecule has 0 spiro atoms. The Morgan fingerprint density at radius 3 is 2.53 bits per heavy atom. The van der Waals surface area contributed by atoms with Crippen LogP contribution in [0.25, 0.3) is 11.1 Å². The molecule has 0 aliphatic rings. The molecule has 0 bridgehead atoms. The second-order valence-corrected chi connectivity index (χ2v) is 4.05. The van der Waals surface area contributed by atoms with Crippen molar-refractivity contribution in [3.8, 4) is 16.9 Å². The first-order chi connectivity index (χ1) is 8.15. The van der Waals surface area contributed by atoms with Crippen LogP contribution in [0.2, 0.25) is 0 Å². The number of nitrogens with two attached hydrogens (primary N) is 1. The molecule has 3 heteroatoms. The quantitative estimate of drug-likeness (QED) is 0.859. The van der Waals surface area contributed by atoms with Crippen molar-refractivity contribution in [1.82, 2.24) is 4.98 Å². The van der Waals surface area contributed by atoms with E-state index >= 15 is 0 Å². The summed E-state index contributed by atoms with van der Waals surface area (Å²) in [6.07, 6.45) is 3.39. The van der Waals surface area contributed by atoms with Gasteiger partial charge in [0.05, 0.1) is 19.0 Å². The number of nitrogens with zero attached hydrogens (tertiary/aromatic N) is 1. The summed E-state index contributed by atoms with van der Waals surface area (Å²) < 4.78 is 5.49. The fraction of sp³-hybridized carbons (Fsp3) is 0.214. The molecule has 2 N–H and O–H groups in total. The molecule has 0 aliphatic carbocycles. The molecule has 0 unspecified atom stereocenters. The lowest BCUT2D eigenvalue weighted by Gasteiger charge is -2.14. The topological polar surface area (TPSA) is 48.1 Å². The van der Waals surface area contributed by atoms with Gasteiger partial charge in [0.1, 0.15) is 5.75 Å². The molecule has 0 saturated carbocycles. The Kier molecular flexibility index (Phi) is 3.00. The predicted molar refractivity (Wildman–Crippen MR) is 70.1 cm³/mol. The molecule has 0 atom stereocenters. The lowest BCUT2D eigenvalue weighted by molar-refractivity contribution is 0.413. The summed E-state index contributed by atoms with van der Waals surface area (Å²) in [6, 6.07) is 6.02. The first-order valence-electron chi connectivity index (χ1n) is 5.49. The molecule has 0 fully saturated rings.